The monoisotopic (exact) mass is 261 g/mol. The van der Waals surface area contributed by atoms with Gasteiger partial charge in [0.05, 0.1) is 7.11 Å². The van der Waals surface area contributed by atoms with Crippen LogP contribution in [0.3, 0.4) is 0 Å². The molecule has 4 nitrogen and oxygen atoms in total. The molecule has 2 rings (SSSR count). The van der Waals surface area contributed by atoms with E-state index >= 15 is 0 Å². The minimum absolute atomic E-state index is 0.163. The van der Waals surface area contributed by atoms with Crippen LogP contribution in [0.4, 0.5) is 18.0 Å². The summed E-state index contributed by atoms with van der Waals surface area (Å²) < 4.78 is 50.0. The number of hydrogen-bond acceptors (Lipinski definition) is 3. The molecule has 0 spiro atoms. The van der Waals surface area contributed by atoms with Crippen molar-refractivity contribution in [1.82, 2.24) is 5.32 Å². The van der Waals surface area contributed by atoms with Crippen LogP contribution >= 0.6 is 0 Å². The molecule has 18 heavy (non-hydrogen) atoms. The summed E-state index contributed by atoms with van der Waals surface area (Å²) in [4.78, 5) is 11.0. The number of rotatable bonds is 2. The average Bonchev–Trinajstić information content (AvgIpc) is 2.33. The number of alkyl halides is 2. The van der Waals surface area contributed by atoms with E-state index in [1.807, 2.05) is 5.32 Å². The van der Waals surface area contributed by atoms with Crippen LogP contribution in [0.1, 0.15) is 11.6 Å². The van der Waals surface area contributed by atoms with E-state index < -0.39 is 30.5 Å². The Morgan fingerprint density at radius 3 is 2.89 bits per heavy atom. The molecule has 0 aliphatic carbocycles. The zero-order valence-electron chi connectivity index (χ0n) is 9.38. The molecule has 1 amide bonds. The van der Waals surface area contributed by atoms with Crippen molar-refractivity contribution in [2.75, 3.05) is 13.7 Å². The fourth-order valence-electron chi connectivity index (χ4n) is 1.72. The van der Waals surface area contributed by atoms with E-state index in [0.717, 1.165) is 0 Å². The lowest BCUT2D eigenvalue weighted by Gasteiger charge is -2.32. The van der Waals surface area contributed by atoms with Crippen LogP contribution in [0.25, 0.3) is 0 Å². The molecule has 1 saturated heterocycles. The van der Waals surface area contributed by atoms with Crippen LogP contribution in [-0.2, 0) is 4.74 Å². The molecule has 0 radical (unpaired) electrons. The Morgan fingerprint density at radius 2 is 2.22 bits per heavy atom. The number of ether oxygens (including phenoxy) is 2. The van der Waals surface area contributed by atoms with Gasteiger partial charge in [-0.2, -0.15) is 0 Å². The third-order valence-electron chi connectivity index (χ3n) is 2.60. The van der Waals surface area contributed by atoms with Crippen LogP contribution in [-0.4, -0.2) is 25.7 Å². The van der Waals surface area contributed by atoms with Crippen LogP contribution in [0, 0.1) is 5.82 Å². The number of carbonyl (C=O) groups is 1. The highest BCUT2D eigenvalue weighted by Crippen LogP contribution is 2.37. The minimum atomic E-state index is -3.39. The highest BCUT2D eigenvalue weighted by Gasteiger charge is 2.48. The summed E-state index contributed by atoms with van der Waals surface area (Å²) in [7, 11) is 1.23. The highest BCUT2D eigenvalue weighted by molar-refractivity contribution is 5.69. The van der Waals surface area contributed by atoms with Crippen molar-refractivity contribution in [3.8, 4) is 5.75 Å². The maximum atomic E-state index is 13.9. The van der Waals surface area contributed by atoms with Gasteiger partial charge in [-0.25, -0.2) is 18.0 Å². The van der Waals surface area contributed by atoms with Crippen LogP contribution in [0.5, 0.6) is 5.75 Å². The average molecular weight is 261 g/mol. The number of cyclic esters (lactones) is 1. The smallest absolute Gasteiger partial charge is 0.408 e. The van der Waals surface area contributed by atoms with Crippen LogP contribution < -0.4 is 10.1 Å². The van der Waals surface area contributed by atoms with Crippen molar-refractivity contribution in [1.29, 1.82) is 0 Å². The largest absolute Gasteiger partial charge is 0.494 e. The van der Waals surface area contributed by atoms with Crippen molar-refractivity contribution >= 4 is 6.09 Å². The zero-order valence-corrected chi connectivity index (χ0v) is 9.38. The predicted octanol–water partition coefficient (Wildman–Crippen LogP) is 2.25. The normalized spacial score (nSPS) is 22.0. The molecule has 7 heteroatoms. The molecule has 98 valence electrons. The van der Waals surface area contributed by atoms with Gasteiger partial charge in [0.15, 0.2) is 18.2 Å². The summed E-state index contributed by atoms with van der Waals surface area (Å²) in [6, 6.07) is 2.07. The maximum Gasteiger partial charge on any atom is 0.408 e. The molecular formula is C11H10F3NO3. The Hall–Kier alpha value is -1.92. The number of alkyl carbamates (subject to hydrolysis) is 1. The van der Waals surface area contributed by atoms with E-state index in [0.29, 0.717) is 0 Å². The second-order valence-electron chi connectivity index (χ2n) is 3.78. The summed E-state index contributed by atoms with van der Waals surface area (Å²) in [5.41, 5.74) is -0.337. The third kappa shape index (κ3) is 2.07. The Kier molecular flexibility index (Phi) is 3.06. The summed E-state index contributed by atoms with van der Waals surface area (Å²) >= 11 is 0. The maximum absolute atomic E-state index is 13.9. The van der Waals surface area contributed by atoms with Crippen LogP contribution in [0.2, 0.25) is 0 Å². The Morgan fingerprint density at radius 1 is 1.50 bits per heavy atom. The molecule has 1 aliphatic rings. The number of carbonyl (C=O) groups excluding carboxylic acids is 1. The summed E-state index contributed by atoms with van der Waals surface area (Å²) in [5.74, 6) is -4.47. The van der Waals surface area contributed by atoms with Crippen molar-refractivity contribution in [2.24, 2.45) is 0 Å². The zero-order chi connectivity index (χ0) is 13.3. The molecular weight excluding hydrogens is 251 g/mol. The molecule has 0 saturated carbocycles. The molecule has 1 fully saturated rings. The topological polar surface area (TPSA) is 47.6 Å². The summed E-state index contributed by atoms with van der Waals surface area (Å²) in [6.07, 6.45) is -1.01. The van der Waals surface area contributed by atoms with E-state index in [-0.39, 0.29) is 11.3 Å². The fraction of sp³-hybridized carbons (Fsp3) is 0.364. The van der Waals surface area contributed by atoms with Crippen molar-refractivity contribution in [2.45, 2.75) is 12.0 Å². The quantitative estimate of drug-likeness (QED) is 0.888. The molecule has 0 unspecified atom stereocenters. The molecule has 1 heterocycles. The van der Waals surface area contributed by atoms with Gasteiger partial charge < -0.3 is 14.8 Å². The molecule has 1 aromatic rings. The first-order chi connectivity index (χ1) is 8.45. The van der Waals surface area contributed by atoms with Gasteiger partial charge in [0, 0.05) is 5.56 Å². The minimum Gasteiger partial charge on any atom is -0.494 e. The van der Waals surface area contributed by atoms with E-state index in [1.54, 1.807) is 0 Å². The first kappa shape index (κ1) is 12.5. The summed E-state index contributed by atoms with van der Waals surface area (Å²) in [5, 5.41) is 1.91. The van der Waals surface area contributed by atoms with Crippen molar-refractivity contribution in [3.63, 3.8) is 0 Å². The number of benzene rings is 1. The predicted molar refractivity (Wildman–Crippen MR) is 55.1 cm³/mol. The molecule has 1 aromatic carbocycles. The van der Waals surface area contributed by atoms with E-state index in [2.05, 4.69) is 4.74 Å². The molecule has 1 aliphatic heterocycles. The Bertz CT molecular complexity index is 479. The lowest BCUT2D eigenvalue weighted by molar-refractivity contribution is -0.105. The van der Waals surface area contributed by atoms with Gasteiger partial charge >= 0.3 is 12.0 Å². The van der Waals surface area contributed by atoms with Gasteiger partial charge in [-0.1, -0.05) is 12.1 Å². The van der Waals surface area contributed by atoms with Gasteiger partial charge in [0.25, 0.3) is 0 Å². The first-order valence-corrected chi connectivity index (χ1v) is 5.09. The standard InChI is InChI=1S/C11H10F3NO3/c1-17-7-4-2-3-6(8(7)12)9-11(13,14)5-18-10(16)15-9/h2-4,9H,5H2,1H3,(H,15,16)/t9-/m1/s1. The Balaban J connectivity index is 2.43. The molecule has 1 N–H and O–H groups in total. The SMILES string of the molecule is COc1cccc([C@H]2NC(=O)OCC2(F)F)c1F. The summed E-state index contributed by atoms with van der Waals surface area (Å²) in [6.45, 7) is -1.08. The van der Waals surface area contributed by atoms with E-state index in [4.69, 9.17) is 4.74 Å². The van der Waals surface area contributed by atoms with E-state index in [1.165, 1.54) is 25.3 Å². The molecule has 0 bridgehead atoms. The van der Waals surface area contributed by atoms with Gasteiger partial charge in [-0.3, -0.25) is 0 Å². The van der Waals surface area contributed by atoms with E-state index in [9.17, 15) is 18.0 Å². The van der Waals surface area contributed by atoms with Gasteiger partial charge in [-0.05, 0) is 6.07 Å². The highest BCUT2D eigenvalue weighted by atomic mass is 19.3. The number of hydrogen-bond donors (Lipinski definition) is 1. The van der Waals surface area contributed by atoms with Gasteiger partial charge in [0.1, 0.15) is 6.04 Å². The number of methoxy groups -OCH3 is 1. The molecule has 0 aromatic heterocycles. The first-order valence-electron chi connectivity index (χ1n) is 5.09. The lowest BCUT2D eigenvalue weighted by Crippen LogP contribution is -2.49. The second kappa shape index (κ2) is 4.40. The number of amides is 1. The van der Waals surface area contributed by atoms with Gasteiger partial charge in [0.2, 0.25) is 0 Å². The third-order valence-corrected chi connectivity index (χ3v) is 2.60. The second-order valence-corrected chi connectivity index (χ2v) is 3.78. The number of nitrogens with one attached hydrogen (secondary N) is 1. The van der Waals surface area contributed by atoms with Crippen LogP contribution in [0.15, 0.2) is 18.2 Å². The van der Waals surface area contributed by atoms with Gasteiger partial charge in [-0.15, -0.1) is 0 Å². The van der Waals surface area contributed by atoms with Crippen molar-refractivity contribution in [3.05, 3.63) is 29.6 Å². The fourth-order valence-corrected chi connectivity index (χ4v) is 1.72. The number of halogens is 3. The Labute approximate surface area is 101 Å². The molecule has 1 atom stereocenters. The lowest BCUT2D eigenvalue weighted by atomic mass is 9.99. The van der Waals surface area contributed by atoms with Crippen molar-refractivity contribution < 1.29 is 27.4 Å².